The molecule has 0 aliphatic carbocycles. The van der Waals surface area contributed by atoms with E-state index < -0.39 is 11.5 Å². The molecule has 0 atom stereocenters. The normalized spacial score (nSPS) is 17.4. The van der Waals surface area contributed by atoms with E-state index in [1.54, 1.807) is 0 Å². The molecule has 1 N–H and O–H groups in total. The van der Waals surface area contributed by atoms with Gasteiger partial charge in [0.15, 0.2) is 0 Å². The van der Waals surface area contributed by atoms with Gasteiger partial charge in [-0.1, -0.05) is 44.2 Å². The molecule has 1 saturated heterocycles. The molecule has 3 nitrogen and oxygen atoms in total. The van der Waals surface area contributed by atoms with E-state index in [0.29, 0.717) is 18.8 Å². The predicted octanol–water partition coefficient (Wildman–Crippen LogP) is 2.73. The van der Waals surface area contributed by atoms with E-state index in [1.165, 1.54) is 5.56 Å². The number of likely N-dealkylation sites (tertiary alicyclic amines) is 1. The highest BCUT2D eigenvalue weighted by atomic mass is 16.4. The van der Waals surface area contributed by atoms with Gasteiger partial charge in [0.1, 0.15) is 5.54 Å². The van der Waals surface area contributed by atoms with Gasteiger partial charge < -0.3 is 5.11 Å². The lowest BCUT2D eigenvalue weighted by atomic mass is 9.82. The van der Waals surface area contributed by atoms with Crippen molar-refractivity contribution in [3.8, 4) is 0 Å². The maximum atomic E-state index is 11.5. The molecule has 0 unspecified atom stereocenters. The summed E-state index contributed by atoms with van der Waals surface area (Å²) in [6, 6.07) is 10.4. The van der Waals surface area contributed by atoms with Crippen LogP contribution in [0.5, 0.6) is 0 Å². The predicted molar refractivity (Wildman–Crippen MR) is 71.7 cm³/mol. The van der Waals surface area contributed by atoms with Gasteiger partial charge in [-0.3, -0.25) is 9.69 Å². The highest BCUT2D eigenvalue weighted by Gasteiger charge is 2.46. The first kappa shape index (κ1) is 13.1. The number of hydrogen-bond donors (Lipinski definition) is 1. The van der Waals surface area contributed by atoms with Crippen molar-refractivity contribution in [3.05, 3.63) is 35.9 Å². The number of nitrogens with zero attached hydrogens (tertiary/aromatic N) is 1. The number of aliphatic carboxylic acids is 1. The molecule has 0 bridgehead atoms. The molecule has 1 aromatic carbocycles. The Morgan fingerprint density at radius 1 is 1.28 bits per heavy atom. The van der Waals surface area contributed by atoms with Gasteiger partial charge >= 0.3 is 5.97 Å². The van der Waals surface area contributed by atoms with Crippen molar-refractivity contribution in [2.45, 2.75) is 38.1 Å². The summed E-state index contributed by atoms with van der Waals surface area (Å²) in [7, 11) is 0. The fourth-order valence-corrected chi connectivity index (χ4v) is 2.90. The molecule has 0 aromatic heterocycles. The third kappa shape index (κ3) is 2.03. The fourth-order valence-electron chi connectivity index (χ4n) is 2.90. The fraction of sp³-hybridized carbons (Fsp3) is 0.533. The van der Waals surface area contributed by atoms with E-state index in [9.17, 15) is 9.90 Å². The number of carboxylic acid groups (broad SMARTS) is 1. The minimum atomic E-state index is -0.681. The van der Waals surface area contributed by atoms with Gasteiger partial charge in [0.2, 0.25) is 0 Å². The Labute approximate surface area is 108 Å². The Bertz CT molecular complexity index is 406. The SMILES string of the molecule is CCC(CC)(C(=O)O)N1CC(c2ccccc2)C1. The van der Waals surface area contributed by atoms with Crippen molar-refractivity contribution >= 4 is 5.97 Å². The standard InChI is InChI=1S/C15H21NO2/c1-3-15(4-2,14(17)18)16-10-13(11-16)12-8-6-5-7-9-12/h5-9,13H,3-4,10-11H2,1-2H3,(H,17,18). The molecule has 1 heterocycles. The maximum absolute atomic E-state index is 11.5. The molecule has 0 saturated carbocycles. The Kier molecular flexibility index (Phi) is 3.71. The molecule has 3 heteroatoms. The van der Waals surface area contributed by atoms with Gasteiger partial charge in [-0.2, -0.15) is 0 Å². The zero-order valence-electron chi connectivity index (χ0n) is 11.1. The summed E-state index contributed by atoms with van der Waals surface area (Å²) >= 11 is 0. The second kappa shape index (κ2) is 5.11. The molecule has 0 amide bonds. The summed E-state index contributed by atoms with van der Waals surface area (Å²) in [5, 5.41) is 9.47. The molecule has 98 valence electrons. The monoisotopic (exact) mass is 247 g/mol. The molecular weight excluding hydrogens is 226 g/mol. The largest absolute Gasteiger partial charge is 0.480 e. The molecule has 1 fully saturated rings. The van der Waals surface area contributed by atoms with Crippen molar-refractivity contribution in [1.29, 1.82) is 0 Å². The van der Waals surface area contributed by atoms with E-state index >= 15 is 0 Å². The van der Waals surface area contributed by atoms with Crippen LogP contribution >= 0.6 is 0 Å². The Morgan fingerprint density at radius 3 is 2.28 bits per heavy atom. The lowest BCUT2D eigenvalue weighted by molar-refractivity contribution is -0.156. The number of rotatable bonds is 5. The second-order valence-corrected chi connectivity index (χ2v) is 5.06. The highest BCUT2D eigenvalue weighted by Crippen LogP contribution is 2.36. The summed E-state index contributed by atoms with van der Waals surface area (Å²) in [4.78, 5) is 13.6. The zero-order chi connectivity index (χ0) is 13.2. The molecule has 2 rings (SSSR count). The van der Waals surface area contributed by atoms with E-state index in [4.69, 9.17) is 0 Å². The Balaban J connectivity index is 2.05. The first-order valence-electron chi connectivity index (χ1n) is 6.67. The van der Waals surface area contributed by atoms with Gasteiger partial charge in [0.05, 0.1) is 0 Å². The minimum absolute atomic E-state index is 0.489. The molecule has 1 aromatic rings. The lowest BCUT2D eigenvalue weighted by Crippen LogP contribution is -2.62. The van der Waals surface area contributed by atoms with Gasteiger partial charge in [-0.25, -0.2) is 0 Å². The van der Waals surface area contributed by atoms with Crippen LogP contribution in [0.3, 0.4) is 0 Å². The molecular formula is C15H21NO2. The number of benzene rings is 1. The third-order valence-corrected chi connectivity index (χ3v) is 4.33. The van der Waals surface area contributed by atoms with Crippen LogP contribution in [0.1, 0.15) is 38.2 Å². The number of hydrogen-bond acceptors (Lipinski definition) is 2. The van der Waals surface area contributed by atoms with Crippen molar-refractivity contribution in [2.24, 2.45) is 0 Å². The number of carboxylic acids is 1. The first-order chi connectivity index (χ1) is 8.64. The van der Waals surface area contributed by atoms with Gasteiger partial charge in [0, 0.05) is 19.0 Å². The highest BCUT2D eigenvalue weighted by molar-refractivity contribution is 5.79. The quantitative estimate of drug-likeness (QED) is 0.869. The van der Waals surface area contributed by atoms with Crippen LogP contribution in [0.15, 0.2) is 30.3 Å². The van der Waals surface area contributed by atoms with E-state index in [-0.39, 0.29) is 0 Å². The molecule has 0 spiro atoms. The van der Waals surface area contributed by atoms with Crippen molar-refractivity contribution in [2.75, 3.05) is 13.1 Å². The van der Waals surface area contributed by atoms with Crippen molar-refractivity contribution < 1.29 is 9.90 Å². The van der Waals surface area contributed by atoms with Crippen LogP contribution in [0.2, 0.25) is 0 Å². The van der Waals surface area contributed by atoms with Crippen molar-refractivity contribution in [3.63, 3.8) is 0 Å². The third-order valence-electron chi connectivity index (χ3n) is 4.33. The average molecular weight is 247 g/mol. The Hall–Kier alpha value is -1.35. The van der Waals surface area contributed by atoms with Crippen LogP contribution in [0, 0.1) is 0 Å². The van der Waals surface area contributed by atoms with Gasteiger partial charge in [0.25, 0.3) is 0 Å². The first-order valence-corrected chi connectivity index (χ1v) is 6.67. The summed E-state index contributed by atoms with van der Waals surface area (Å²) in [6.45, 7) is 5.65. The topological polar surface area (TPSA) is 40.5 Å². The minimum Gasteiger partial charge on any atom is -0.480 e. The Morgan fingerprint density at radius 2 is 1.83 bits per heavy atom. The smallest absolute Gasteiger partial charge is 0.324 e. The molecule has 1 aliphatic heterocycles. The van der Waals surface area contributed by atoms with Crippen LogP contribution in [-0.2, 0) is 4.79 Å². The van der Waals surface area contributed by atoms with E-state index in [2.05, 4.69) is 17.0 Å². The van der Waals surface area contributed by atoms with Crippen LogP contribution in [0.25, 0.3) is 0 Å². The number of carbonyl (C=O) groups is 1. The summed E-state index contributed by atoms with van der Waals surface area (Å²) in [6.07, 6.45) is 1.33. The molecule has 1 aliphatic rings. The maximum Gasteiger partial charge on any atom is 0.324 e. The van der Waals surface area contributed by atoms with Crippen LogP contribution in [-0.4, -0.2) is 34.6 Å². The van der Waals surface area contributed by atoms with Crippen molar-refractivity contribution in [1.82, 2.24) is 4.90 Å². The summed E-state index contributed by atoms with van der Waals surface area (Å²) in [5.41, 5.74) is 0.658. The zero-order valence-corrected chi connectivity index (χ0v) is 11.1. The summed E-state index contributed by atoms with van der Waals surface area (Å²) in [5.74, 6) is -0.193. The second-order valence-electron chi connectivity index (χ2n) is 5.06. The molecule has 18 heavy (non-hydrogen) atoms. The molecule has 0 radical (unpaired) electrons. The average Bonchev–Trinajstić information content (AvgIpc) is 2.34. The van der Waals surface area contributed by atoms with E-state index in [0.717, 1.165) is 13.1 Å². The van der Waals surface area contributed by atoms with Gasteiger partial charge in [-0.05, 0) is 18.4 Å². The van der Waals surface area contributed by atoms with Crippen LogP contribution < -0.4 is 0 Å². The lowest BCUT2D eigenvalue weighted by Gasteiger charge is -2.49. The summed E-state index contributed by atoms with van der Waals surface area (Å²) < 4.78 is 0. The van der Waals surface area contributed by atoms with E-state index in [1.807, 2.05) is 32.0 Å². The van der Waals surface area contributed by atoms with Crippen LogP contribution in [0.4, 0.5) is 0 Å². The van der Waals surface area contributed by atoms with Gasteiger partial charge in [-0.15, -0.1) is 0 Å².